The molecule has 0 aliphatic heterocycles. The highest BCUT2D eigenvalue weighted by Crippen LogP contribution is 2.42. The van der Waals surface area contributed by atoms with E-state index in [1.807, 2.05) is 0 Å². The Morgan fingerprint density at radius 1 is 0.420 bits per heavy atom. The second kappa shape index (κ2) is 44.6. The van der Waals surface area contributed by atoms with E-state index >= 15 is 0 Å². The summed E-state index contributed by atoms with van der Waals surface area (Å²) < 4.78 is 101. The number of nitrogens with one attached hydrogen (secondary N) is 3. The van der Waals surface area contributed by atoms with Crippen molar-refractivity contribution in [2.45, 2.75) is 219 Å². The van der Waals surface area contributed by atoms with E-state index in [1.54, 1.807) is 40.3 Å². The number of hydroxylamine groups is 3. The summed E-state index contributed by atoms with van der Waals surface area (Å²) in [6.07, 6.45) is 18.2. The van der Waals surface area contributed by atoms with Gasteiger partial charge in [0.15, 0.2) is 11.6 Å². The number of benzene rings is 3. The predicted molar refractivity (Wildman–Crippen MR) is 486 cm³/mol. The Balaban J connectivity index is 0.000000205. The fraction of sp³-hybridized carbons (Fsp3) is 0.444. The second-order valence-electron chi connectivity index (χ2n) is 36.1. The first kappa shape index (κ1) is 104. The van der Waals surface area contributed by atoms with Crippen LogP contribution < -0.4 is 16.4 Å². The quantitative estimate of drug-likeness (QED) is 0.01000. The van der Waals surface area contributed by atoms with Crippen LogP contribution in [0.5, 0.6) is 0 Å². The number of carbonyl (C=O) groups excluding carboxylic acids is 8. The number of aliphatic hydroxyl groups is 1. The summed E-state index contributed by atoms with van der Waals surface area (Å²) in [4.78, 5) is 121. The van der Waals surface area contributed by atoms with Gasteiger partial charge in [-0.2, -0.15) is 15.3 Å². The molecule has 6 heterocycles. The van der Waals surface area contributed by atoms with Crippen LogP contribution in [0.15, 0.2) is 110 Å². The Hall–Kier alpha value is -9.51. The van der Waals surface area contributed by atoms with E-state index in [4.69, 9.17) is 83.9 Å². The molecule has 3 saturated carbocycles. The molecule has 3 aliphatic carbocycles. The summed E-state index contributed by atoms with van der Waals surface area (Å²) in [6.45, 7) is 24.2. The van der Waals surface area contributed by atoms with Gasteiger partial charge in [-0.3, -0.25) is 72.6 Å². The van der Waals surface area contributed by atoms with Crippen molar-refractivity contribution in [1.29, 1.82) is 0 Å². The van der Waals surface area contributed by atoms with E-state index in [2.05, 4.69) is 109 Å². The predicted octanol–water partition coefficient (Wildman–Crippen LogP) is 19.7. The number of pyridine rings is 3. The molecule has 704 valence electrons. The number of carbonyl (C=O) groups is 8. The fourth-order valence-corrected chi connectivity index (χ4v) is 18.6. The Morgan fingerprint density at radius 3 is 0.954 bits per heavy atom. The minimum Gasteiger partial charge on any atom is -0.386 e. The van der Waals surface area contributed by atoms with Crippen LogP contribution in [-0.4, -0.2) is 153 Å². The van der Waals surface area contributed by atoms with Crippen molar-refractivity contribution in [1.82, 2.24) is 75.4 Å². The molecule has 27 nitrogen and oxygen atoms in total. The topological polar surface area (TPSA) is 333 Å². The molecule has 6 aromatic heterocycles. The normalized spacial score (nSPS) is 17.4. The molecule has 5 N–H and O–H groups in total. The smallest absolute Gasteiger partial charge is 0.258 e. The molecular weight excluding hydrogens is 1870 g/mol. The van der Waals surface area contributed by atoms with Crippen molar-refractivity contribution in [2.24, 2.45) is 17.8 Å². The molecule has 1 unspecified atom stereocenters. The summed E-state index contributed by atoms with van der Waals surface area (Å²) in [5.41, 5.74) is 10.2. The minimum absolute atomic E-state index is 0.00572. The zero-order valence-electron chi connectivity index (χ0n) is 74.5. The van der Waals surface area contributed by atoms with Crippen LogP contribution in [0.25, 0.3) is 0 Å². The standard InChI is InChI=1S/C32H41Cl2F2N5O4Si.C32H39Cl2F2N5O4Si.C26H25Cl2F2N5O4/c2*1-19-25(14-38-41(19)24-9-7-21(8-10-24)30(43)39-45-46(5,6)32(2,3)4)31(44)40(17-20-11-22(35)13-23(36)12-20)18-28(42)29-26(33)15-37-16-27(29)34;1-14-20(9-32-35(14)19-4-2-16(3-5-19)25(37)33-39)26(38)34(12-15-6-17(29)8-18(30)7-15)13-23(36)24-21(27)10-31-11-22(24)28/h11-16,21,24,28,42H,7-10,17-18H2,1-6H3,(H,39,43);11-16,21,24H,7-10,17-18H2,1-6H3,(H,39,43);6-11,16,19,39H,2-5,12-13H2,1H3,(H,33,37). The largest absolute Gasteiger partial charge is 0.386 e. The number of halogens is 12. The highest BCUT2D eigenvalue weighted by Gasteiger charge is 2.43. The number of ketones is 2. The van der Waals surface area contributed by atoms with Crippen LogP contribution in [0.4, 0.5) is 26.3 Å². The van der Waals surface area contributed by atoms with Gasteiger partial charge in [0.05, 0.1) is 120 Å². The van der Waals surface area contributed by atoms with Gasteiger partial charge in [-0.05, 0) is 187 Å². The van der Waals surface area contributed by atoms with Crippen molar-refractivity contribution in [3.8, 4) is 0 Å². The Morgan fingerprint density at radius 2 is 0.679 bits per heavy atom. The maximum Gasteiger partial charge on any atom is 0.258 e. The number of amides is 6. The van der Waals surface area contributed by atoms with E-state index in [1.165, 1.54) is 65.6 Å². The zero-order valence-corrected chi connectivity index (χ0v) is 81.1. The van der Waals surface area contributed by atoms with Gasteiger partial charge in [-0.1, -0.05) is 111 Å². The van der Waals surface area contributed by atoms with Gasteiger partial charge in [-0.15, -0.1) is 0 Å². The molecule has 0 bridgehead atoms. The van der Waals surface area contributed by atoms with Crippen molar-refractivity contribution in [2.75, 3.05) is 19.6 Å². The van der Waals surface area contributed by atoms with Gasteiger partial charge in [0.2, 0.25) is 34.4 Å². The Kier molecular flexibility index (Phi) is 35.2. The van der Waals surface area contributed by atoms with Gasteiger partial charge in [0.25, 0.3) is 17.7 Å². The molecule has 1 atom stereocenters. The summed E-state index contributed by atoms with van der Waals surface area (Å²) in [5, 5.41) is 33.6. The zero-order chi connectivity index (χ0) is 96.2. The first-order chi connectivity index (χ1) is 61.5. The molecule has 6 amide bonds. The number of hydrogen-bond acceptors (Lipinski definition) is 18. The van der Waals surface area contributed by atoms with Gasteiger partial charge in [0.1, 0.15) is 34.9 Å². The third-order valence-corrected chi connectivity index (χ3v) is 35.1. The molecule has 0 radical (unpaired) electrons. The summed E-state index contributed by atoms with van der Waals surface area (Å²) >= 11 is 37.2. The van der Waals surface area contributed by atoms with E-state index in [0.29, 0.717) is 100 Å². The monoisotopic (exact) mass is 1970 g/mol. The summed E-state index contributed by atoms with van der Waals surface area (Å²) in [7, 11) is -4.28. The van der Waals surface area contributed by atoms with Gasteiger partial charge < -0.3 is 28.9 Å². The van der Waals surface area contributed by atoms with Gasteiger partial charge in [-0.25, -0.2) is 42.8 Å². The number of nitrogens with zero attached hydrogens (tertiary/aromatic N) is 12. The van der Waals surface area contributed by atoms with Crippen LogP contribution in [0, 0.1) is 73.4 Å². The first-order valence-electron chi connectivity index (χ1n) is 42.4. The third-order valence-electron chi connectivity index (χ3n) is 24.9. The SMILES string of the molecule is Cc1c(C(=O)N(CC(=O)c2c(Cl)cncc2Cl)Cc2cc(F)cc(F)c2)cnn1C1CCC(C(=O)NO)CC1.Cc1c(C(=O)N(CC(=O)c2c(Cl)cncc2Cl)Cc2cc(F)cc(F)c2)cnn1C1CCC(C(=O)NO[Si](C)(C)C(C)(C)C)CC1.Cc1c(C(=O)N(Cc2cc(F)cc(F)c2)CC(O)c2c(Cl)cncc2Cl)cnn1C1CCC(C(=O)NO[Si](C)(C)C(C)(C)C)CC1. The van der Waals surface area contributed by atoms with Crippen molar-refractivity contribution in [3.05, 3.63) is 243 Å². The lowest BCUT2D eigenvalue weighted by Gasteiger charge is -2.36. The minimum atomic E-state index is -2.14. The molecule has 3 aliphatic rings. The molecule has 0 saturated heterocycles. The molecule has 12 rings (SSSR count). The van der Waals surface area contributed by atoms with Crippen LogP contribution >= 0.6 is 69.6 Å². The Bertz CT molecular complexity index is 5560. The molecule has 131 heavy (non-hydrogen) atoms. The highest BCUT2D eigenvalue weighted by molar-refractivity contribution is 6.74. The second-order valence-corrected chi connectivity index (χ2v) is 48.0. The highest BCUT2D eigenvalue weighted by atomic mass is 35.5. The fourth-order valence-electron chi connectivity index (χ4n) is 15.5. The van der Waals surface area contributed by atoms with Crippen LogP contribution in [0.3, 0.4) is 0 Å². The molecular formula is C90H105Cl6F6N15O12Si2. The first-order valence-corrected chi connectivity index (χ1v) is 50.5. The lowest BCUT2D eigenvalue weighted by Crippen LogP contribution is -2.48. The third kappa shape index (κ3) is 26.3. The lowest BCUT2D eigenvalue weighted by atomic mass is 9.85. The molecule has 0 spiro atoms. The molecule has 3 fully saturated rings. The number of aliphatic hydroxyl groups excluding tert-OH is 1. The Labute approximate surface area is 787 Å². The molecule has 3 aromatic carbocycles. The van der Waals surface area contributed by atoms with E-state index in [9.17, 15) is 69.8 Å². The average molecular weight is 1970 g/mol. The maximum atomic E-state index is 14.1. The van der Waals surface area contributed by atoms with Crippen molar-refractivity contribution < 1.29 is 84.1 Å². The van der Waals surface area contributed by atoms with Gasteiger partial charge >= 0.3 is 0 Å². The van der Waals surface area contributed by atoms with E-state index in [0.717, 1.165) is 53.4 Å². The summed E-state index contributed by atoms with van der Waals surface area (Å²) in [5.74, 6) is -8.97. The maximum absolute atomic E-state index is 14.1. The van der Waals surface area contributed by atoms with Crippen LogP contribution in [0.1, 0.15) is 234 Å². The summed E-state index contributed by atoms with van der Waals surface area (Å²) in [6, 6.07) is 8.65. The van der Waals surface area contributed by atoms with Crippen LogP contribution in [-0.2, 0) is 43.1 Å². The van der Waals surface area contributed by atoms with Crippen LogP contribution in [0.2, 0.25) is 66.4 Å². The van der Waals surface area contributed by atoms with Crippen molar-refractivity contribution >= 4 is 133 Å². The lowest BCUT2D eigenvalue weighted by molar-refractivity contribution is -0.135. The number of rotatable bonds is 28. The van der Waals surface area contributed by atoms with E-state index < -0.39 is 106 Å². The average Bonchev–Trinajstić information content (AvgIpc) is 1.65. The van der Waals surface area contributed by atoms with Crippen molar-refractivity contribution in [3.63, 3.8) is 0 Å². The van der Waals surface area contributed by atoms with E-state index in [-0.39, 0.29) is 164 Å². The number of hydrogen-bond donors (Lipinski definition) is 5. The number of aromatic nitrogens is 9. The molecule has 9 aromatic rings. The number of Topliss-reactive ketones (excluding diaryl/α,β-unsaturated/α-hetero) is 2. The molecule has 41 heteroatoms. The van der Waals surface area contributed by atoms with Gasteiger partial charge in [0, 0.05) is 115 Å².